The molecule has 0 amide bonds. The third kappa shape index (κ3) is 5.20. The number of aliphatic hydroxyl groups is 1. The van der Waals surface area contributed by atoms with Gasteiger partial charge in [-0.3, -0.25) is 4.79 Å². The summed E-state index contributed by atoms with van der Waals surface area (Å²) in [6, 6.07) is 7.98. The van der Waals surface area contributed by atoms with Crippen molar-refractivity contribution in [3.8, 4) is 11.5 Å². The van der Waals surface area contributed by atoms with Crippen molar-refractivity contribution in [3.05, 3.63) is 47.2 Å². The number of unbranched alkanes of at least 4 members (excludes halogenated alkanes) is 1. The number of nitrogens with two attached hydrogens (primary N) is 2. The van der Waals surface area contributed by atoms with E-state index in [2.05, 4.69) is 0 Å². The zero-order chi connectivity index (χ0) is 23.3. The molecule has 0 unspecified atom stereocenters. The largest absolute Gasteiger partial charge is 0.504 e. The third-order valence-corrected chi connectivity index (χ3v) is 5.15. The van der Waals surface area contributed by atoms with Gasteiger partial charge in [0, 0.05) is 42.9 Å². The van der Waals surface area contributed by atoms with Gasteiger partial charge in [-0.1, -0.05) is 0 Å². The first-order valence-electron chi connectivity index (χ1n) is 10.5. The number of nitrogen functional groups attached to an aromatic ring is 2. The van der Waals surface area contributed by atoms with E-state index >= 15 is 0 Å². The van der Waals surface area contributed by atoms with E-state index in [1.54, 1.807) is 25.1 Å². The Bertz CT molecular complexity index is 1110. The second kappa shape index (κ2) is 10.2. The summed E-state index contributed by atoms with van der Waals surface area (Å²) in [5, 5.41) is 19.4. The van der Waals surface area contributed by atoms with Crippen molar-refractivity contribution < 1.29 is 29.0 Å². The van der Waals surface area contributed by atoms with Crippen molar-refractivity contribution in [2.45, 2.75) is 39.0 Å². The normalized spacial score (nSPS) is 11.1. The molecule has 1 aromatic heterocycles. The number of carbonyl (C=O) groups excluding carboxylic acids is 2. The van der Waals surface area contributed by atoms with Crippen LogP contribution in [0, 0.1) is 0 Å². The van der Waals surface area contributed by atoms with Crippen molar-refractivity contribution in [2.24, 2.45) is 0 Å². The molecule has 0 atom stereocenters. The number of anilines is 2. The van der Waals surface area contributed by atoms with Crippen LogP contribution in [0.4, 0.5) is 11.4 Å². The number of aromatic hydroxyl groups is 1. The topological polar surface area (TPSA) is 149 Å². The lowest BCUT2D eigenvalue weighted by Crippen LogP contribution is -2.06. The minimum absolute atomic E-state index is 0.0173. The molecule has 1 heterocycles. The van der Waals surface area contributed by atoms with Crippen LogP contribution in [0.5, 0.6) is 11.5 Å². The van der Waals surface area contributed by atoms with E-state index in [0.717, 1.165) is 0 Å². The fraction of sp³-hybridized carbons (Fsp3) is 0.333. The maximum absolute atomic E-state index is 13.4. The van der Waals surface area contributed by atoms with Crippen molar-refractivity contribution in [2.75, 3.05) is 24.7 Å². The predicted molar refractivity (Wildman–Crippen MR) is 122 cm³/mol. The van der Waals surface area contributed by atoms with Crippen LogP contribution in [-0.2, 0) is 11.2 Å². The maximum Gasteiger partial charge on any atom is 0.197 e. The zero-order valence-electron chi connectivity index (χ0n) is 18.0. The molecule has 0 saturated heterocycles. The number of carbonyl (C=O) groups is 2. The van der Waals surface area contributed by atoms with E-state index in [4.69, 9.17) is 25.7 Å². The SMILES string of the molecule is CC(=O)CCCCc1oc2cc(OCCCO)ccc2c1C(=O)c1cc(N)c(O)c(N)c1. The molecule has 2 aromatic carbocycles. The van der Waals surface area contributed by atoms with Crippen molar-refractivity contribution in [1.29, 1.82) is 0 Å². The van der Waals surface area contributed by atoms with Crippen LogP contribution in [0.1, 0.15) is 54.3 Å². The fourth-order valence-electron chi connectivity index (χ4n) is 3.51. The lowest BCUT2D eigenvalue weighted by molar-refractivity contribution is -0.117. The van der Waals surface area contributed by atoms with Crippen LogP contribution in [0.3, 0.4) is 0 Å². The van der Waals surface area contributed by atoms with E-state index in [0.29, 0.717) is 66.8 Å². The number of hydrogen-bond donors (Lipinski definition) is 4. The Morgan fingerprint density at radius 2 is 1.78 bits per heavy atom. The lowest BCUT2D eigenvalue weighted by atomic mass is 9.97. The molecule has 0 spiro atoms. The highest BCUT2D eigenvalue weighted by Crippen LogP contribution is 2.35. The number of phenols is 1. The van der Waals surface area contributed by atoms with Crippen LogP contribution in [0.15, 0.2) is 34.7 Å². The summed E-state index contributed by atoms with van der Waals surface area (Å²) in [5.74, 6) is 0.613. The highest BCUT2D eigenvalue weighted by atomic mass is 16.5. The van der Waals surface area contributed by atoms with Gasteiger partial charge in [-0.25, -0.2) is 0 Å². The molecule has 6 N–H and O–H groups in total. The molecule has 0 aliphatic carbocycles. The molecule has 0 saturated carbocycles. The average Bonchev–Trinajstić information content (AvgIpc) is 3.11. The van der Waals surface area contributed by atoms with Gasteiger partial charge in [-0.15, -0.1) is 0 Å². The van der Waals surface area contributed by atoms with Gasteiger partial charge >= 0.3 is 0 Å². The number of rotatable bonds is 11. The Morgan fingerprint density at radius 1 is 1.06 bits per heavy atom. The van der Waals surface area contributed by atoms with E-state index in [1.807, 2.05) is 0 Å². The standard InChI is InChI=1S/C24H28N2O6/c1-14(28)5-2-3-6-20-22(23(29)15-11-18(25)24(30)19(26)12-15)17-8-7-16(13-21(17)32-20)31-10-4-9-27/h7-8,11-13,27,30H,2-6,9-10,25-26H2,1H3. The predicted octanol–water partition coefficient (Wildman–Crippen LogP) is 3.60. The van der Waals surface area contributed by atoms with Gasteiger partial charge in [-0.2, -0.15) is 0 Å². The first-order chi connectivity index (χ1) is 15.3. The summed E-state index contributed by atoms with van der Waals surface area (Å²) in [4.78, 5) is 24.7. The number of fused-ring (bicyclic) bond motifs is 1. The minimum Gasteiger partial charge on any atom is -0.504 e. The maximum atomic E-state index is 13.4. The average molecular weight is 440 g/mol. The lowest BCUT2D eigenvalue weighted by Gasteiger charge is -2.08. The number of furan rings is 1. The Hall–Kier alpha value is -3.52. The monoisotopic (exact) mass is 440 g/mol. The molecule has 32 heavy (non-hydrogen) atoms. The number of ketones is 2. The summed E-state index contributed by atoms with van der Waals surface area (Å²) in [6.07, 6.45) is 2.82. The number of aryl methyl sites for hydroxylation is 1. The number of benzene rings is 2. The number of phenolic OH excluding ortho intramolecular Hbond substituents is 1. The minimum atomic E-state index is -0.322. The van der Waals surface area contributed by atoms with Gasteiger partial charge in [0.25, 0.3) is 0 Å². The summed E-state index contributed by atoms with van der Waals surface area (Å²) >= 11 is 0. The van der Waals surface area contributed by atoms with Crippen molar-refractivity contribution in [3.63, 3.8) is 0 Å². The van der Waals surface area contributed by atoms with Gasteiger partial charge < -0.3 is 35.6 Å². The molecular formula is C24H28N2O6. The van der Waals surface area contributed by atoms with Crippen molar-refractivity contribution >= 4 is 33.9 Å². The Balaban J connectivity index is 1.99. The van der Waals surface area contributed by atoms with Crippen LogP contribution in [-0.4, -0.2) is 35.0 Å². The first kappa shape index (κ1) is 23.1. The number of Topliss-reactive ketones (excluding diaryl/α,β-unsaturated/α-hetero) is 1. The van der Waals surface area contributed by atoms with Crippen LogP contribution in [0.2, 0.25) is 0 Å². The molecule has 3 aromatic rings. The highest BCUT2D eigenvalue weighted by molar-refractivity contribution is 6.17. The Labute approximate surface area is 185 Å². The van der Waals surface area contributed by atoms with E-state index in [1.165, 1.54) is 12.1 Å². The van der Waals surface area contributed by atoms with E-state index < -0.39 is 0 Å². The highest BCUT2D eigenvalue weighted by Gasteiger charge is 2.23. The fourth-order valence-corrected chi connectivity index (χ4v) is 3.51. The third-order valence-electron chi connectivity index (χ3n) is 5.15. The summed E-state index contributed by atoms with van der Waals surface area (Å²) < 4.78 is 11.6. The molecular weight excluding hydrogens is 412 g/mol. The summed E-state index contributed by atoms with van der Waals surface area (Å²) in [7, 11) is 0. The van der Waals surface area contributed by atoms with Crippen LogP contribution in [0.25, 0.3) is 11.0 Å². The number of ether oxygens (including phenoxy) is 1. The summed E-state index contributed by atoms with van der Waals surface area (Å²) in [5.41, 5.74) is 12.8. The number of aliphatic hydroxyl groups excluding tert-OH is 1. The molecule has 8 nitrogen and oxygen atoms in total. The molecule has 170 valence electrons. The summed E-state index contributed by atoms with van der Waals surface area (Å²) in [6.45, 7) is 1.94. The van der Waals surface area contributed by atoms with E-state index in [9.17, 15) is 14.7 Å². The van der Waals surface area contributed by atoms with Gasteiger partial charge in [0.05, 0.1) is 23.5 Å². The second-order valence-electron chi connectivity index (χ2n) is 7.73. The molecule has 0 aliphatic heterocycles. The van der Waals surface area contributed by atoms with Gasteiger partial charge in [0.2, 0.25) is 0 Å². The molecule has 0 aliphatic rings. The number of hydrogen-bond acceptors (Lipinski definition) is 8. The Morgan fingerprint density at radius 3 is 2.44 bits per heavy atom. The molecule has 0 fully saturated rings. The van der Waals surface area contributed by atoms with Gasteiger partial charge in [0.1, 0.15) is 22.9 Å². The quantitative estimate of drug-likeness (QED) is 0.153. The molecule has 0 radical (unpaired) electrons. The van der Waals surface area contributed by atoms with Gasteiger partial charge in [-0.05, 0) is 44.0 Å². The second-order valence-corrected chi connectivity index (χ2v) is 7.73. The molecule has 3 rings (SSSR count). The Kier molecular flexibility index (Phi) is 7.37. The first-order valence-corrected chi connectivity index (χ1v) is 10.5. The van der Waals surface area contributed by atoms with Crippen molar-refractivity contribution in [1.82, 2.24) is 0 Å². The molecule has 8 heteroatoms. The van der Waals surface area contributed by atoms with Gasteiger partial charge in [0.15, 0.2) is 11.5 Å². The zero-order valence-corrected chi connectivity index (χ0v) is 18.0. The van der Waals surface area contributed by atoms with E-state index in [-0.39, 0.29) is 40.9 Å². The van der Waals surface area contributed by atoms with Crippen LogP contribution < -0.4 is 16.2 Å². The van der Waals surface area contributed by atoms with Crippen LogP contribution >= 0.6 is 0 Å². The molecule has 0 bridgehead atoms. The smallest absolute Gasteiger partial charge is 0.197 e.